The zero-order chi connectivity index (χ0) is 18.8. The highest BCUT2D eigenvalue weighted by Gasteiger charge is 2.34. The van der Waals surface area contributed by atoms with Gasteiger partial charge in [0, 0.05) is 25.1 Å². The second-order valence-corrected chi connectivity index (χ2v) is 6.38. The number of halogens is 1. The van der Waals surface area contributed by atoms with E-state index in [2.05, 4.69) is 0 Å². The Hall–Kier alpha value is -2.71. The summed E-state index contributed by atoms with van der Waals surface area (Å²) < 4.78 is 30.6. The average molecular weight is 368 g/mol. The molecule has 9 heteroatoms. The molecule has 1 heterocycles. The summed E-state index contributed by atoms with van der Waals surface area (Å²) in [5, 5.41) is 8.97. The number of carbonyl (C=O) groups excluding carboxylic acids is 1. The van der Waals surface area contributed by atoms with Crippen molar-refractivity contribution < 1.29 is 33.3 Å². The van der Waals surface area contributed by atoms with Crippen molar-refractivity contribution in [1.82, 2.24) is 4.90 Å². The highest BCUT2D eigenvalue weighted by molar-refractivity contribution is 5.96. The van der Waals surface area contributed by atoms with Gasteiger partial charge in [-0.1, -0.05) is 0 Å². The van der Waals surface area contributed by atoms with E-state index in [9.17, 15) is 14.0 Å². The Bertz CT molecular complexity index is 709. The molecule has 0 spiro atoms. The molecule has 3 N–H and O–H groups in total. The molecule has 1 aromatic carbocycles. The number of ether oxygens (including phenoxy) is 3. The van der Waals surface area contributed by atoms with Crippen LogP contribution in [0.5, 0.6) is 11.5 Å². The molecule has 0 radical (unpaired) electrons. The molecule has 2 aliphatic rings. The van der Waals surface area contributed by atoms with E-state index in [1.165, 1.54) is 19.2 Å². The Balaban J connectivity index is 1.82. The van der Waals surface area contributed by atoms with Gasteiger partial charge >= 0.3 is 12.1 Å². The van der Waals surface area contributed by atoms with Crippen molar-refractivity contribution in [3.63, 3.8) is 0 Å². The highest BCUT2D eigenvalue weighted by atomic mass is 19.1. The van der Waals surface area contributed by atoms with E-state index in [-0.39, 0.29) is 42.6 Å². The molecule has 1 aromatic rings. The van der Waals surface area contributed by atoms with Crippen molar-refractivity contribution in [2.45, 2.75) is 37.6 Å². The summed E-state index contributed by atoms with van der Waals surface area (Å²) in [5.74, 6) is -0.101. The van der Waals surface area contributed by atoms with Crippen LogP contribution in [-0.2, 0) is 4.74 Å². The molecule has 1 saturated heterocycles. The van der Waals surface area contributed by atoms with Crippen LogP contribution < -0.4 is 15.2 Å². The monoisotopic (exact) mass is 368 g/mol. The van der Waals surface area contributed by atoms with Crippen LogP contribution in [-0.4, -0.2) is 60.6 Å². The van der Waals surface area contributed by atoms with Gasteiger partial charge < -0.3 is 30.0 Å². The summed E-state index contributed by atoms with van der Waals surface area (Å²) in [6, 6.07) is 2.86. The van der Waals surface area contributed by atoms with Gasteiger partial charge in [-0.3, -0.25) is 0 Å². The molecule has 3 rings (SSSR count). The molecule has 26 heavy (non-hydrogen) atoms. The number of rotatable bonds is 5. The van der Waals surface area contributed by atoms with Gasteiger partial charge in [0.2, 0.25) is 0 Å². The fourth-order valence-corrected chi connectivity index (χ4v) is 2.76. The minimum absolute atomic E-state index is 0.0516. The first-order valence-electron chi connectivity index (χ1n) is 8.36. The Morgan fingerprint density at radius 2 is 1.92 bits per heavy atom. The highest BCUT2D eigenvalue weighted by Crippen LogP contribution is 2.38. The molecule has 2 atom stereocenters. The number of methoxy groups -OCH3 is 1. The number of hydrogen-bond donors (Lipinski definition) is 2. The molecule has 8 nitrogen and oxygen atoms in total. The Labute approximate surface area is 149 Å². The number of esters is 1. The minimum Gasteiger partial charge on any atom is -0.486 e. The molecule has 1 aliphatic heterocycles. The summed E-state index contributed by atoms with van der Waals surface area (Å²) in [7, 11) is 1.23. The maximum Gasteiger partial charge on any atom is 0.407 e. The summed E-state index contributed by atoms with van der Waals surface area (Å²) >= 11 is 0. The molecule has 0 aromatic heterocycles. The molecule has 1 amide bonds. The number of anilines is 1. The van der Waals surface area contributed by atoms with Gasteiger partial charge in [0.25, 0.3) is 0 Å². The third-order valence-corrected chi connectivity index (χ3v) is 4.37. The second-order valence-electron chi connectivity index (χ2n) is 6.38. The molecule has 1 aliphatic carbocycles. The number of likely N-dealkylation sites (tertiary alicyclic amines) is 1. The standard InChI is InChI=1S/C17H21FN2O6/c1-24-16(21)10-6-14(15(7-12(10)19)25-9-2-3-9)26-13-4-5-20(17(22)23)8-11(13)18/h6-7,9,11,13H,2-5,8,19H2,1H3,(H,22,23)/t11-,13-/m1/s1. The SMILES string of the molecule is COC(=O)c1cc(O[C@@H]2CCN(C(=O)O)C[C@H]2F)c(OC2CC2)cc1N. The number of alkyl halides is 1. The number of benzene rings is 1. The average Bonchev–Trinajstić information content (AvgIpc) is 3.41. The Morgan fingerprint density at radius 3 is 2.50 bits per heavy atom. The van der Waals surface area contributed by atoms with Gasteiger partial charge in [-0.15, -0.1) is 0 Å². The first kappa shape index (κ1) is 18.1. The number of nitrogens with zero attached hydrogens (tertiary/aromatic N) is 1. The van der Waals surface area contributed by atoms with Crippen LogP contribution in [0.3, 0.4) is 0 Å². The van der Waals surface area contributed by atoms with E-state index in [1.54, 1.807) is 0 Å². The number of nitrogen functional groups attached to an aromatic ring is 1. The van der Waals surface area contributed by atoms with E-state index >= 15 is 0 Å². The number of carboxylic acid groups (broad SMARTS) is 1. The number of amides is 1. The molecular formula is C17H21FN2O6. The van der Waals surface area contributed by atoms with Crippen molar-refractivity contribution >= 4 is 17.7 Å². The van der Waals surface area contributed by atoms with Crippen LogP contribution in [0, 0.1) is 0 Å². The fourth-order valence-electron chi connectivity index (χ4n) is 2.76. The van der Waals surface area contributed by atoms with Crippen LogP contribution in [0.15, 0.2) is 12.1 Å². The van der Waals surface area contributed by atoms with Crippen LogP contribution in [0.25, 0.3) is 0 Å². The van der Waals surface area contributed by atoms with Gasteiger partial charge in [-0.25, -0.2) is 14.0 Å². The predicted molar refractivity (Wildman–Crippen MR) is 89.4 cm³/mol. The smallest absolute Gasteiger partial charge is 0.407 e. The summed E-state index contributed by atoms with van der Waals surface area (Å²) in [6.07, 6.45) is -1.45. The topological polar surface area (TPSA) is 111 Å². The van der Waals surface area contributed by atoms with Gasteiger partial charge in [-0.05, 0) is 12.8 Å². The van der Waals surface area contributed by atoms with E-state index in [4.69, 9.17) is 25.1 Å². The zero-order valence-electron chi connectivity index (χ0n) is 14.3. The molecular weight excluding hydrogens is 347 g/mol. The lowest BCUT2D eigenvalue weighted by Crippen LogP contribution is -2.48. The number of hydrogen-bond acceptors (Lipinski definition) is 6. The van der Waals surface area contributed by atoms with Crippen molar-refractivity contribution in [1.29, 1.82) is 0 Å². The van der Waals surface area contributed by atoms with E-state index in [1.807, 2.05) is 0 Å². The van der Waals surface area contributed by atoms with Gasteiger partial charge in [0.05, 0.1) is 31.0 Å². The molecule has 142 valence electrons. The van der Waals surface area contributed by atoms with Crippen molar-refractivity contribution in [2.75, 3.05) is 25.9 Å². The maximum absolute atomic E-state index is 14.4. The lowest BCUT2D eigenvalue weighted by Gasteiger charge is -2.33. The normalized spacial score (nSPS) is 22.6. The molecule has 1 saturated carbocycles. The summed E-state index contributed by atoms with van der Waals surface area (Å²) in [4.78, 5) is 23.8. The molecule has 0 unspecified atom stereocenters. The minimum atomic E-state index is -1.49. The molecule has 0 bridgehead atoms. The largest absolute Gasteiger partial charge is 0.486 e. The van der Waals surface area contributed by atoms with Crippen LogP contribution in [0.2, 0.25) is 0 Å². The lowest BCUT2D eigenvalue weighted by atomic mass is 10.1. The van der Waals surface area contributed by atoms with Gasteiger partial charge in [0.1, 0.15) is 6.10 Å². The number of nitrogens with two attached hydrogens (primary N) is 1. The quantitative estimate of drug-likeness (QED) is 0.604. The molecule has 2 fully saturated rings. The van der Waals surface area contributed by atoms with Crippen LogP contribution in [0.4, 0.5) is 14.9 Å². The van der Waals surface area contributed by atoms with Gasteiger partial charge in [-0.2, -0.15) is 0 Å². The van der Waals surface area contributed by atoms with E-state index < -0.39 is 24.3 Å². The third kappa shape index (κ3) is 3.92. The van der Waals surface area contributed by atoms with Crippen LogP contribution in [0.1, 0.15) is 29.6 Å². The summed E-state index contributed by atoms with van der Waals surface area (Å²) in [5.41, 5.74) is 6.17. The lowest BCUT2D eigenvalue weighted by molar-refractivity contribution is 0.0230. The van der Waals surface area contributed by atoms with Gasteiger partial charge in [0.15, 0.2) is 17.7 Å². The fraction of sp³-hybridized carbons (Fsp3) is 0.529. The van der Waals surface area contributed by atoms with Crippen molar-refractivity contribution in [2.24, 2.45) is 0 Å². The van der Waals surface area contributed by atoms with Crippen LogP contribution >= 0.6 is 0 Å². The van der Waals surface area contributed by atoms with E-state index in [0.29, 0.717) is 5.75 Å². The Morgan fingerprint density at radius 1 is 1.23 bits per heavy atom. The zero-order valence-corrected chi connectivity index (χ0v) is 14.3. The summed E-state index contributed by atoms with van der Waals surface area (Å²) in [6.45, 7) is -0.101. The first-order chi connectivity index (χ1) is 12.4. The first-order valence-corrected chi connectivity index (χ1v) is 8.36. The van der Waals surface area contributed by atoms with Crippen molar-refractivity contribution in [3.05, 3.63) is 17.7 Å². The maximum atomic E-state index is 14.4. The number of piperidine rings is 1. The second kappa shape index (κ2) is 7.27. The van der Waals surface area contributed by atoms with E-state index in [0.717, 1.165) is 17.7 Å². The number of carbonyl (C=O) groups is 2. The Kier molecular flexibility index (Phi) is 5.06. The third-order valence-electron chi connectivity index (χ3n) is 4.37. The van der Waals surface area contributed by atoms with Crippen molar-refractivity contribution in [3.8, 4) is 11.5 Å². The predicted octanol–water partition coefficient (Wildman–Crippen LogP) is 2.07.